The fraction of sp³-hybridized carbons (Fsp3) is 0.600. The van der Waals surface area contributed by atoms with Crippen molar-refractivity contribution in [2.75, 3.05) is 23.3 Å². The second-order valence-corrected chi connectivity index (χ2v) is 7.39. The van der Waals surface area contributed by atoms with Crippen LogP contribution in [-0.4, -0.2) is 30.9 Å². The molecule has 136 valence electrons. The molecule has 5 nitrogen and oxygen atoms in total. The molecular weight excluding hydrogens is 314 g/mol. The van der Waals surface area contributed by atoms with Gasteiger partial charge in [0.2, 0.25) is 11.8 Å². The van der Waals surface area contributed by atoms with Gasteiger partial charge in [0.05, 0.1) is 6.54 Å². The smallest absolute Gasteiger partial charge is 0.239 e. The highest BCUT2D eigenvalue weighted by Crippen LogP contribution is 2.30. The summed E-state index contributed by atoms with van der Waals surface area (Å²) in [4.78, 5) is 26.1. The van der Waals surface area contributed by atoms with Gasteiger partial charge in [0, 0.05) is 30.4 Å². The van der Waals surface area contributed by atoms with Crippen LogP contribution in [0.3, 0.4) is 0 Å². The van der Waals surface area contributed by atoms with Crippen molar-refractivity contribution in [1.29, 1.82) is 0 Å². The van der Waals surface area contributed by atoms with Crippen LogP contribution in [0.4, 0.5) is 11.4 Å². The van der Waals surface area contributed by atoms with Crippen molar-refractivity contribution in [3.8, 4) is 0 Å². The molecule has 2 atom stereocenters. The number of anilines is 2. The lowest BCUT2D eigenvalue weighted by Gasteiger charge is -2.29. The third-order valence-corrected chi connectivity index (χ3v) is 5.57. The van der Waals surface area contributed by atoms with Crippen molar-refractivity contribution in [2.45, 2.75) is 58.4 Å². The van der Waals surface area contributed by atoms with Crippen molar-refractivity contribution < 1.29 is 9.59 Å². The maximum absolute atomic E-state index is 12.3. The molecule has 0 bridgehead atoms. The van der Waals surface area contributed by atoms with Gasteiger partial charge in [-0.3, -0.25) is 9.59 Å². The molecular formula is C20H29N3O2. The summed E-state index contributed by atoms with van der Waals surface area (Å²) in [6, 6.07) is 6.19. The molecule has 1 aliphatic carbocycles. The van der Waals surface area contributed by atoms with Crippen LogP contribution in [0.5, 0.6) is 0 Å². The highest BCUT2D eigenvalue weighted by atomic mass is 16.2. The van der Waals surface area contributed by atoms with E-state index >= 15 is 0 Å². The average molecular weight is 343 g/mol. The van der Waals surface area contributed by atoms with Gasteiger partial charge < -0.3 is 15.5 Å². The van der Waals surface area contributed by atoms with Gasteiger partial charge in [-0.1, -0.05) is 25.8 Å². The van der Waals surface area contributed by atoms with E-state index in [-0.39, 0.29) is 18.4 Å². The van der Waals surface area contributed by atoms with E-state index in [4.69, 9.17) is 0 Å². The third-order valence-electron chi connectivity index (χ3n) is 5.57. The summed E-state index contributed by atoms with van der Waals surface area (Å²) >= 11 is 0. The molecule has 0 spiro atoms. The van der Waals surface area contributed by atoms with E-state index in [0.29, 0.717) is 18.4 Å². The van der Waals surface area contributed by atoms with Crippen LogP contribution in [0.1, 0.15) is 51.0 Å². The number of benzene rings is 1. The van der Waals surface area contributed by atoms with Crippen molar-refractivity contribution in [3.63, 3.8) is 0 Å². The second kappa shape index (κ2) is 7.89. The Labute approximate surface area is 150 Å². The highest BCUT2D eigenvalue weighted by molar-refractivity contribution is 5.97. The molecule has 2 fully saturated rings. The van der Waals surface area contributed by atoms with E-state index in [1.54, 1.807) is 0 Å². The SMILES string of the molecule is Cc1c(NCC(=O)N[C@H]2CCCC[C@H]2C)cccc1N1CCCC1=O. The summed E-state index contributed by atoms with van der Waals surface area (Å²) in [6.07, 6.45) is 6.29. The lowest BCUT2D eigenvalue weighted by molar-refractivity contribution is -0.120. The molecule has 5 heteroatoms. The van der Waals surface area contributed by atoms with Gasteiger partial charge in [0.1, 0.15) is 0 Å². The van der Waals surface area contributed by atoms with Crippen LogP contribution in [0.2, 0.25) is 0 Å². The Morgan fingerprint density at radius 2 is 2.04 bits per heavy atom. The third kappa shape index (κ3) is 4.14. The molecule has 1 saturated carbocycles. The minimum atomic E-state index is 0.0424. The number of carbonyl (C=O) groups is 2. The number of nitrogens with zero attached hydrogens (tertiary/aromatic N) is 1. The van der Waals surface area contributed by atoms with Crippen molar-refractivity contribution in [3.05, 3.63) is 23.8 Å². The first-order chi connectivity index (χ1) is 12.1. The Bertz CT molecular complexity index is 644. The first-order valence-corrected chi connectivity index (χ1v) is 9.49. The minimum Gasteiger partial charge on any atom is -0.376 e. The molecule has 0 unspecified atom stereocenters. The van der Waals surface area contributed by atoms with Gasteiger partial charge >= 0.3 is 0 Å². The average Bonchev–Trinajstić information content (AvgIpc) is 3.02. The topological polar surface area (TPSA) is 61.4 Å². The summed E-state index contributed by atoms with van der Waals surface area (Å²) < 4.78 is 0. The second-order valence-electron chi connectivity index (χ2n) is 7.39. The molecule has 0 aromatic heterocycles. The largest absolute Gasteiger partial charge is 0.376 e. The van der Waals surface area contributed by atoms with Crippen molar-refractivity contribution in [1.82, 2.24) is 5.32 Å². The quantitative estimate of drug-likeness (QED) is 0.863. The van der Waals surface area contributed by atoms with Crippen LogP contribution in [0.25, 0.3) is 0 Å². The van der Waals surface area contributed by atoms with E-state index in [2.05, 4.69) is 17.6 Å². The minimum absolute atomic E-state index is 0.0424. The highest BCUT2D eigenvalue weighted by Gasteiger charge is 2.24. The Morgan fingerprint density at radius 1 is 1.24 bits per heavy atom. The first-order valence-electron chi connectivity index (χ1n) is 9.49. The zero-order valence-electron chi connectivity index (χ0n) is 15.3. The molecule has 0 radical (unpaired) electrons. The Morgan fingerprint density at radius 3 is 2.76 bits per heavy atom. The summed E-state index contributed by atoms with van der Waals surface area (Å²) in [5.74, 6) is 0.786. The van der Waals surface area contributed by atoms with Gasteiger partial charge in [-0.25, -0.2) is 0 Å². The van der Waals surface area contributed by atoms with Crippen molar-refractivity contribution >= 4 is 23.2 Å². The Kier molecular flexibility index (Phi) is 5.61. The van der Waals surface area contributed by atoms with E-state index in [0.717, 1.165) is 36.3 Å². The molecule has 2 amide bonds. The van der Waals surface area contributed by atoms with Gasteiger partial charge in [0.15, 0.2) is 0 Å². The maximum Gasteiger partial charge on any atom is 0.239 e. The fourth-order valence-electron chi connectivity index (χ4n) is 3.97. The van der Waals surface area contributed by atoms with E-state index in [1.807, 2.05) is 30.0 Å². The van der Waals surface area contributed by atoms with Crippen molar-refractivity contribution in [2.24, 2.45) is 5.92 Å². The molecule has 1 saturated heterocycles. The number of rotatable bonds is 5. The first kappa shape index (κ1) is 17.8. The standard InChI is InChI=1S/C20H29N3O2/c1-14-7-3-4-8-16(14)22-19(24)13-21-17-9-5-10-18(15(17)2)23-12-6-11-20(23)25/h5,9-10,14,16,21H,3-4,6-8,11-13H2,1-2H3,(H,22,24)/t14-,16+/m1/s1. The summed E-state index contributed by atoms with van der Waals surface area (Å²) in [5, 5.41) is 6.41. The van der Waals surface area contributed by atoms with E-state index < -0.39 is 0 Å². The zero-order valence-corrected chi connectivity index (χ0v) is 15.3. The summed E-state index contributed by atoms with van der Waals surface area (Å²) in [6.45, 7) is 5.27. The molecule has 2 N–H and O–H groups in total. The Balaban J connectivity index is 1.59. The lowest BCUT2D eigenvalue weighted by atomic mass is 9.86. The molecule has 2 aliphatic rings. The fourth-order valence-corrected chi connectivity index (χ4v) is 3.97. The molecule has 25 heavy (non-hydrogen) atoms. The maximum atomic E-state index is 12.3. The van der Waals surface area contributed by atoms with Gasteiger partial charge in [-0.05, 0) is 49.8 Å². The summed E-state index contributed by atoms with van der Waals surface area (Å²) in [5.41, 5.74) is 2.90. The molecule has 1 heterocycles. The zero-order chi connectivity index (χ0) is 17.8. The predicted molar refractivity (Wildman–Crippen MR) is 101 cm³/mol. The summed E-state index contributed by atoms with van der Waals surface area (Å²) in [7, 11) is 0. The van der Waals surface area contributed by atoms with E-state index in [1.165, 1.54) is 19.3 Å². The van der Waals surface area contributed by atoms with Crippen LogP contribution in [0.15, 0.2) is 18.2 Å². The van der Waals surface area contributed by atoms with Crippen LogP contribution >= 0.6 is 0 Å². The molecule has 1 aliphatic heterocycles. The number of nitrogens with one attached hydrogen (secondary N) is 2. The number of carbonyl (C=O) groups excluding carboxylic acids is 2. The molecule has 3 rings (SSSR count). The Hall–Kier alpha value is -2.04. The number of amides is 2. The monoisotopic (exact) mass is 343 g/mol. The molecule has 1 aromatic carbocycles. The van der Waals surface area contributed by atoms with Gasteiger partial charge in [-0.2, -0.15) is 0 Å². The lowest BCUT2D eigenvalue weighted by Crippen LogP contribution is -2.43. The number of hydrogen-bond donors (Lipinski definition) is 2. The van der Waals surface area contributed by atoms with Crippen LogP contribution in [-0.2, 0) is 9.59 Å². The predicted octanol–water partition coefficient (Wildman–Crippen LogP) is 3.23. The molecule has 1 aromatic rings. The van der Waals surface area contributed by atoms with Crippen LogP contribution in [0, 0.1) is 12.8 Å². The van der Waals surface area contributed by atoms with Crippen LogP contribution < -0.4 is 15.5 Å². The normalized spacial score (nSPS) is 23.6. The van der Waals surface area contributed by atoms with E-state index in [9.17, 15) is 9.59 Å². The number of hydrogen-bond acceptors (Lipinski definition) is 3. The van der Waals surface area contributed by atoms with Gasteiger partial charge in [0.25, 0.3) is 0 Å². The van der Waals surface area contributed by atoms with Gasteiger partial charge in [-0.15, -0.1) is 0 Å².